The predicted molar refractivity (Wildman–Crippen MR) is 76.8 cm³/mol. The van der Waals surface area contributed by atoms with Crippen LogP contribution in [0.15, 0.2) is 52.2 Å². The van der Waals surface area contributed by atoms with E-state index in [2.05, 4.69) is 0 Å². The summed E-state index contributed by atoms with van der Waals surface area (Å²) < 4.78 is 6.88. The van der Waals surface area contributed by atoms with Gasteiger partial charge in [0.25, 0.3) is 0 Å². The van der Waals surface area contributed by atoms with Gasteiger partial charge in [0.15, 0.2) is 5.43 Å². The van der Waals surface area contributed by atoms with Gasteiger partial charge in [-0.25, -0.2) is 4.79 Å². The summed E-state index contributed by atoms with van der Waals surface area (Å²) in [5.41, 5.74) is 2.70. The molecule has 1 aliphatic heterocycles. The number of nitrogens with zero attached hydrogens (tertiary/aromatic N) is 1. The van der Waals surface area contributed by atoms with Gasteiger partial charge in [-0.1, -0.05) is 0 Å². The van der Waals surface area contributed by atoms with E-state index < -0.39 is 5.97 Å². The van der Waals surface area contributed by atoms with E-state index in [0.29, 0.717) is 17.8 Å². The lowest BCUT2D eigenvalue weighted by molar-refractivity contribution is 0.0696. The first-order valence-electron chi connectivity index (χ1n) is 6.44. The van der Waals surface area contributed by atoms with Gasteiger partial charge in [-0.2, -0.15) is 0 Å². The highest BCUT2D eigenvalue weighted by molar-refractivity contribution is 5.97. The van der Waals surface area contributed by atoms with Crippen LogP contribution < -0.4 is 5.43 Å². The lowest BCUT2D eigenvalue weighted by Gasteiger charge is -2.18. The number of benzene rings is 1. The van der Waals surface area contributed by atoms with Crippen LogP contribution in [-0.2, 0) is 6.54 Å². The predicted octanol–water partition coefficient (Wildman–Crippen LogP) is 2.60. The molecule has 5 nitrogen and oxygen atoms in total. The van der Waals surface area contributed by atoms with Gasteiger partial charge in [-0.05, 0) is 36.8 Å². The van der Waals surface area contributed by atoms with Crippen LogP contribution >= 0.6 is 0 Å². The van der Waals surface area contributed by atoms with Crippen LogP contribution in [0.25, 0.3) is 11.1 Å². The van der Waals surface area contributed by atoms with Gasteiger partial charge in [-0.15, -0.1) is 0 Å². The number of carbonyl (C=O) groups is 1. The molecule has 0 atom stereocenters. The van der Waals surface area contributed by atoms with E-state index in [-0.39, 0.29) is 11.0 Å². The molecule has 1 N–H and O–H groups in total. The molecule has 106 valence electrons. The van der Waals surface area contributed by atoms with Gasteiger partial charge < -0.3 is 14.1 Å². The summed E-state index contributed by atoms with van der Waals surface area (Å²) in [6, 6.07) is 6.28. The minimum absolute atomic E-state index is 0.161. The van der Waals surface area contributed by atoms with Crippen molar-refractivity contribution < 1.29 is 14.3 Å². The summed E-state index contributed by atoms with van der Waals surface area (Å²) in [6.07, 6.45) is 5.05. The van der Waals surface area contributed by atoms with E-state index in [4.69, 9.17) is 4.42 Å². The number of aromatic carboxylic acids is 1. The molecule has 0 aromatic carbocycles. The third kappa shape index (κ3) is 2.33. The van der Waals surface area contributed by atoms with E-state index in [1.54, 1.807) is 25.5 Å². The maximum Gasteiger partial charge on any atom is 0.338 e. The molecule has 0 spiro atoms. The largest absolute Gasteiger partial charge is 0.478 e. The number of aromatic nitrogens is 1. The van der Waals surface area contributed by atoms with Crippen molar-refractivity contribution in [1.82, 2.24) is 4.57 Å². The first kappa shape index (κ1) is 13.2. The first-order chi connectivity index (χ1) is 10.1. The van der Waals surface area contributed by atoms with Crippen molar-refractivity contribution in [3.05, 3.63) is 70.0 Å². The first-order valence-corrected chi connectivity index (χ1v) is 6.44. The molecule has 0 saturated heterocycles. The maximum atomic E-state index is 11.6. The summed E-state index contributed by atoms with van der Waals surface area (Å²) in [5.74, 6) is -1.04. The van der Waals surface area contributed by atoms with E-state index in [0.717, 1.165) is 11.1 Å². The molecule has 3 rings (SSSR count). The fourth-order valence-corrected chi connectivity index (χ4v) is 2.48. The van der Waals surface area contributed by atoms with Gasteiger partial charge in [0.2, 0.25) is 0 Å². The van der Waals surface area contributed by atoms with Crippen LogP contribution in [0, 0.1) is 6.92 Å². The molecule has 2 aliphatic rings. The molecule has 0 fully saturated rings. The van der Waals surface area contributed by atoms with Gasteiger partial charge in [-0.3, -0.25) is 4.79 Å². The van der Waals surface area contributed by atoms with Crippen molar-refractivity contribution in [3.63, 3.8) is 0 Å². The highest BCUT2D eigenvalue weighted by Crippen LogP contribution is 2.27. The van der Waals surface area contributed by atoms with Crippen LogP contribution in [0.2, 0.25) is 0 Å². The Hall–Kier alpha value is -2.82. The second-order valence-electron chi connectivity index (χ2n) is 4.90. The molecule has 0 saturated carbocycles. The monoisotopic (exact) mass is 283 g/mol. The van der Waals surface area contributed by atoms with Crippen molar-refractivity contribution in [3.8, 4) is 11.1 Å². The number of fused-ring (bicyclic) bond motifs is 1. The van der Waals surface area contributed by atoms with E-state index in [1.165, 1.54) is 12.1 Å². The maximum absolute atomic E-state index is 11.6. The molecule has 2 heterocycles. The van der Waals surface area contributed by atoms with E-state index >= 15 is 0 Å². The fourth-order valence-electron chi connectivity index (χ4n) is 2.48. The van der Waals surface area contributed by atoms with Gasteiger partial charge >= 0.3 is 5.97 Å². The number of hydrogen-bond acceptors (Lipinski definition) is 3. The molecular formula is C16H13NO4. The summed E-state index contributed by atoms with van der Waals surface area (Å²) >= 11 is 0. The normalized spacial score (nSPS) is 10.9. The average Bonchev–Trinajstić information content (AvgIpc) is 2.92. The third-order valence-corrected chi connectivity index (χ3v) is 3.53. The highest BCUT2D eigenvalue weighted by Gasteiger charge is 2.19. The van der Waals surface area contributed by atoms with Crippen LogP contribution in [0.3, 0.4) is 0 Å². The van der Waals surface area contributed by atoms with Gasteiger partial charge in [0.05, 0.1) is 24.6 Å². The summed E-state index contributed by atoms with van der Waals surface area (Å²) in [5, 5.41) is 9.47. The molecule has 1 aromatic heterocycles. The Bertz CT molecular complexity index is 830. The molecule has 21 heavy (non-hydrogen) atoms. The van der Waals surface area contributed by atoms with Crippen molar-refractivity contribution in [1.29, 1.82) is 0 Å². The Morgan fingerprint density at radius 2 is 2.14 bits per heavy atom. The second kappa shape index (κ2) is 4.94. The van der Waals surface area contributed by atoms with Crippen molar-refractivity contribution in [2.75, 3.05) is 0 Å². The van der Waals surface area contributed by atoms with Crippen molar-refractivity contribution in [2.45, 2.75) is 13.5 Å². The number of carboxylic acid groups (broad SMARTS) is 1. The lowest BCUT2D eigenvalue weighted by Crippen LogP contribution is -2.15. The standard InChI is InChI=1S/C16H13NO4/c1-10-15(16(19)20)14-6-13(18)3-2-12(14)8-17(10)7-11-4-5-21-9-11/h2-6,8-9H,7H2,1H3,(H,19,20). The number of pyridine rings is 1. The smallest absolute Gasteiger partial charge is 0.338 e. The molecule has 5 heteroatoms. The fraction of sp³-hybridized carbons (Fsp3) is 0.125. The molecule has 0 unspecified atom stereocenters. The number of furan rings is 1. The minimum atomic E-state index is -1.04. The molecule has 0 radical (unpaired) electrons. The lowest BCUT2D eigenvalue weighted by atomic mass is 9.97. The van der Waals surface area contributed by atoms with Crippen molar-refractivity contribution >= 4 is 5.97 Å². The van der Waals surface area contributed by atoms with E-state index in [9.17, 15) is 14.7 Å². The Morgan fingerprint density at radius 1 is 1.33 bits per heavy atom. The Labute approximate surface area is 120 Å². The Balaban J connectivity index is 2.25. The summed E-state index contributed by atoms with van der Waals surface area (Å²) in [6.45, 7) is 2.25. The molecule has 1 aliphatic carbocycles. The molecule has 0 amide bonds. The van der Waals surface area contributed by atoms with Gasteiger partial charge in [0, 0.05) is 23.0 Å². The van der Waals surface area contributed by atoms with Crippen LogP contribution in [0.1, 0.15) is 21.6 Å². The number of rotatable bonds is 3. The second-order valence-corrected chi connectivity index (χ2v) is 4.90. The summed E-state index contributed by atoms with van der Waals surface area (Å²) in [7, 11) is 0. The van der Waals surface area contributed by atoms with Crippen LogP contribution in [0.5, 0.6) is 0 Å². The third-order valence-electron chi connectivity index (χ3n) is 3.53. The quantitative estimate of drug-likeness (QED) is 0.802. The number of hydrogen-bond donors (Lipinski definition) is 1. The van der Waals surface area contributed by atoms with Crippen LogP contribution in [-0.4, -0.2) is 15.6 Å². The number of carboxylic acids is 1. The zero-order chi connectivity index (χ0) is 15.0. The highest BCUT2D eigenvalue weighted by atomic mass is 16.4. The Kier molecular flexibility index (Phi) is 3.10. The molecule has 1 aromatic rings. The molecule has 0 bridgehead atoms. The van der Waals surface area contributed by atoms with Crippen LogP contribution in [0.4, 0.5) is 0 Å². The average molecular weight is 283 g/mol. The SMILES string of the molecule is Cc1c(C(=O)O)c2cc(=O)ccc-2cn1Cc1ccoc1. The summed E-state index contributed by atoms with van der Waals surface area (Å²) in [4.78, 5) is 23.1. The zero-order valence-corrected chi connectivity index (χ0v) is 11.4. The Morgan fingerprint density at radius 3 is 2.81 bits per heavy atom. The van der Waals surface area contributed by atoms with E-state index in [1.807, 2.05) is 16.8 Å². The van der Waals surface area contributed by atoms with Crippen molar-refractivity contribution in [2.24, 2.45) is 0 Å². The van der Waals surface area contributed by atoms with Gasteiger partial charge in [0.1, 0.15) is 0 Å². The minimum Gasteiger partial charge on any atom is -0.478 e. The topological polar surface area (TPSA) is 72.4 Å². The zero-order valence-electron chi connectivity index (χ0n) is 11.4. The molecular weight excluding hydrogens is 270 g/mol.